The van der Waals surface area contributed by atoms with Gasteiger partial charge in [0.2, 0.25) is 0 Å². The number of nitrogens with two attached hydrogens (primary N) is 1. The molecule has 4 aromatic rings. The van der Waals surface area contributed by atoms with Crippen molar-refractivity contribution in [3.63, 3.8) is 0 Å². The minimum Gasteiger partial charge on any atom is -1.00 e. The molecule has 5 heteroatoms. The lowest BCUT2D eigenvalue weighted by molar-refractivity contribution is -0.475. The first-order valence-electron chi connectivity index (χ1n) is 8.07. The molecular weight excluding hydrogens is 348 g/mol. The van der Waals surface area contributed by atoms with E-state index in [2.05, 4.69) is 12.1 Å². The van der Waals surface area contributed by atoms with E-state index >= 15 is 0 Å². The fourth-order valence-electron chi connectivity index (χ4n) is 3.10. The summed E-state index contributed by atoms with van der Waals surface area (Å²) in [5.41, 5.74) is 4.30. The summed E-state index contributed by atoms with van der Waals surface area (Å²) < 4.78 is 4.92. The average Bonchev–Trinajstić information content (AvgIpc) is 2.67. The number of pyridine rings is 1. The number of carbonyl (C=O) groups is 1. The normalized spacial score (nSPS) is 10.5. The molecule has 4 rings (SSSR count). The van der Waals surface area contributed by atoms with E-state index in [0.717, 1.165) is 33.2 Å². The summed E-state index contributed by atoms with van der Waals surface area (Å²) in [6.45, 7) is 0. The van der Waals surface area contributed by atoms with Crippen LogP contribution >= 0.6 is 0 Å². The van der Waals surface area contributed by atoms with Gasteiger partial charge in [0, 0.05) is 6.07 Å². The molecule has 0 aliphatic heterocycles. The number of hydrogen-bond donors (Lipinski definition) is 1. The molecule has 0 bridgehead atoms. The highest BCUT2D eigenvalue weighted by atomic mass is 35.5. The number of carbonyl (C=O) groups excluding carboxylic acids is 1. The number of esters is 1. The third-order valence-electron chi connectivity index (χ3n) is 4.30. The molecule has 4 nitrogen and oxygen atoms in total. The Morgan fingerprint density at radius 3 is 2.00 bits per heavy atom. The molecule has 26 heavy (non-hydrogen) atoms. The van der Waals surface area contributed by atoms with Crippen LogP contribution in [0.3, 0.4) is 0 Å². The molecule has 1 heterocycles. The van der Waals surface area contributed by atoms with Crippen LogP contribution in [0.5, 0.6) is 0 Å². The van der Waals surface area contributed by atoms with Crippen LogP contribution < -0.4 is 17.7 Å². The van der Waals surface area contributed by atoms with Crippen LogP contribution in [-0.2, 0) is 4.74 Å². The van der Waals surface area contributed by atoms with E-state index in [0.29, 0.717) is 5.56 Å². The highest BCUT2D eigenvalue weighted by molar-refractivity contribution is 6.04. The number of ether oxygens (including phenoxy) is 1. The van der Waals surface area contributed by atoms with E-state index in [1.54, 1.807) is 6.07 Å². The number of benzene rings is 3. The van der Waals surface area contributed by atoms with Gasteiger partial charge in [-0.3, -0.25) is 5.32 Å². The summed E-state index contributed by atoms with van der Waals surface area (Å²) in [6, 6.07) is 23.6. The second kappa shape index (κ2) is 7.52. The largest absolute Gasteiger partial charge is 1.00 e. The van der Waals surface area contributed by atoms with Crippen LogP contribution in [0.1, 0.15) is 10.4 Å². The van der Waals surface area contributed by atoms with Gasteiger partial charge in [0.25, 0.3) is 0 Å². The van der Waals surface area contributed by atoms with Gasteiger partial charge in [0.15, 0.2) is 5.69 Å². The van der Waals surface area contributed by atoms with Crippen molar-refractivity contribution in [2.45, 2.75) is 0 Å². The van der Waals surface area contributed by atoms with E-state index < -0.39 is 0 Å². The molecule has 0 saturated heterocycles. The third-order valence-corrected chi connectivity index (χ3v) is 4.30. The number of quaternary nitrogens is 1. The van der Waals surface area contributed by atoms with Crippen LogP contribution in [0.15, 0.2) is 72.8 Å². The number of fused-ring (bicyclic) bond motifs is 2. The second-order valence-corrected chi connectivity index (χ2v) is 5.78. The summed E-state index contributed by atoms with van der Waals surface area (Å²) in [7, 11) is 1.40. The van der Waals surface area contributed by atoms with E-state index in [4.69, 9.17) is 9.72 Å². The number of para-hydroxylation sites is 3. The van der Waals surface area contributed by atoms with Crippen molar-refractivity contribution in [2.24, 2.45) is 0 Å². The topological polar surface area (TPSA) is 55.8 Å². The van der Waals surface area contributed by atoms with Crippen molar-refractivity contribution >= 4 is 39.1 Å². The summed E-state index contributed by atoms with van der Waals surface area (Å²) in [4.78, 5) is 16.8. The Labute approximate surface area is 157 Å². The van der Waals surface area contributed by atoms with E-state index in [9.17, 15) is 4.79 Å². The van der Waals surface area contributed by atoms with Gasteiger partial charge in [0.1, 0.15) is 11.3 Å². The lowest BCUT2D eigenvalue weighted by Gasteiger charge is -2.10. The minimum absolute atomic E-state index is 0. The number of rotatable bonds is 3. The van der Waals surface area contributed by atoms with Gasteiger partial charge in [-0.15, -0.1) is 0 Å². The van der Waals surface area contributed by atoms with Gasteiger partial charge in [-0.2, -0.15) is 0 Å². The number of hydrogen-bond acceptors (Lipinski definition) is 3. The number of aromatic nitrogens is 1. The molecule has 130 valence electrons. The Balaban J connectivity index is 0.00000196. The van der Waals surface area contributed by atoms with Crippen molar-refractivity contribution in [3.8, 4) is 0 Å². The van der Waals surface area contributed by atoms with Crippen molar-refractivity contribution in [3.05, 3.63) is 78.4 Å². The molecule has 0 aliphatic rings. The molecule has 0 amide bonds. The predicted molar refractivity (Wildman–Crippen MR) is 98.3 cm³/mol. The Morgan fingerprint density at radius 2 is 1.38 bits per heavy atom. The average molecular weight is 365 g/mol. The van der Waals surface area contributed by atoms with Gasteiger partial charge in [0.05, 0.1) is 28.9 Å². The maximum absolute atomic E-state index is 12.1. The monoisotopic (exact) mass is 364 g/mol. The van der Waals surface area contributed by atoms with Crippen LogP contribution in [0, 0.1) is 0 Å². The molecule has 0 radical (unpaired) electrons. The number of nitrogens with zero attached hydrogens (tertiary/aromatic N) is 1. The standard InChI is InChI=1S/C21H16N2O2.ClH/c1-25-21(24)16-10-4-7-13-19(16)23-20-14-8-2-5-11-17(14)22-18-12-6-3-9-15(18)20;/h2-13H,1H3,(H,22,23);1H. The predicted octanol–water partition coefficient (Wildman–Crippen LogP) is 0.705. The molecule has 0 unspecified atom stereocenters. The maximum atomic E-state index is 12.1. The third kappa shape index (κ3) is 3.12. The molecule has 0 aliphatic carbocycles. The summed E-state index contributed by atoms with van der Waals surface area (Å²) in [6.07, 6.45) is 0. The zero-order valence-electron chi connectivity index (χ0n) is 14.1. The van der Waals surface area contributed by atoms with Gasteiger partial charge in [-0.05, 0) is 30.3 Å². The van der Waals surface area contributed by atoms with E-state index in [1.165, 1.54) is 7.11 Å². The zero-order valence-corrected chi connectivity index (χ0v) is 14.9. The summed E-state index contributed by atoms with van der Waals surface area (Å²) in [5, 5.41) is 4.15. The highest BCUT2D eigenvalue weighted by Gasteiger charge is 2.18. The Morgan fingerprint density at radius 1 is 0.846 bits per heavy atom. The van der Waals surface area contributed by atoms with Crippen LogP contribution in [0.25, 0.3) is 21.8 Å². The van der Waals surface area contributed by atoms with Gasteiger partial charge in [-0.1, -0.05) is 36.4 Å². The Kier molecular flexibility index (Phi) is 5.16. The second-order valence-electron chi connectivity index (χ2n) is 5.78. The van der Waals surface area contributed by atoms with E-state index in [-0.39, 0.29) is 18.4 Å². The Bertz CT molecular complexity index is 1040. The van der Waals surface area contributed by atoms with Crippen LogP contribution in [0.2, 0.25) is 0 Å². The molecule has 0 spiro atoms. The van der Waals surface area contributed by atoms with Crippen molar-refractivity contribution in [1.82, 2.24) is 4.98 Å². The van der Waals surface area contributed by atoms with Crippen LogP contribution in [0.4, 0.5) is 11.4 Å². The molecule has 0 atom stereocenters. The fraction of sp³-hybridized carbons (Fsp3) is 0.0476. The maximum Gasteiger partial charge on any atom is 0.343 e. The Hall–Kier alpha value is -2.95. The molecule has 0 saturated carbocycles. The number of halogens is 1. The lowest BCUT2D eigenvalue weighted by atomic mass is 10.1. The van der Waals surface area contributed by atoms with Crippen molar-refractivity contribution in [1.29, 1.82) is 0 Å². The lowest BCUT2D eigenvalue weighted by Crippen LogP contribution is -3.00. The van der Waals surface area contributed by atoms with Crippen molar-refractivity contribution in [2.75, 3.05) is 7.11 Å². The molecule has 3 aromatic carbocycles. The minimum atomic E-state index is -0.338. The summed E-state index contributed by atoms with van der Waals surface area (Å²) in [5.74, 6) is -0.338. The van der Waals surface area contributed by atoms with Gasteiger partial charge >= 0.3 is 5.97 Å². The van der Waals surface area contributed by atoms with Crippen molar-refractivity contribution < 1.29 is 27.3 Å². The molecule has 1 aromatic heterocycles. The summed E-state index contributed by atoms with van der Waals surface area (Å²) >= 11 is 0. The fourth-order valence-corrected chi connectivity index (χ4v) is 3.10. The highest BCUT2D eigenvalue weighted by Crippen LogP contribution is 2.28. The quantitative estimate of drug-likeness (QED) is 0.331. The van der Waals surface area contributed by atoms with E-state index in [1.807, 2.05) is 59.9 Å². The first-order chi connectivity index (χ1) is 12.3. The van der Waals surface area contributed by atoms with Gasteiger partial charge < -0.3 is 17.1 Å². The molecule has 0 fully saturated rings. The van der Waals surface area contributed by atoms with Gasteiger partial charge in [-0.25, -0.2) is 9.78 Å². The molecule has 2 N–H and O–H groups in total. The first-order valence-corrected chi connectivity index (χ1v) is 8.07. The smallest absolute Gasteiger partial charge is 0.343 e. The SMILES string of the molecule is COC(=O)c1ccccc1[NH2+]c1c2ccccc2nc2ccccc12.[Cl-]. The zero-order chi connectivity index (χ0) is 17.2. The first kappa shape index (κ1) is 17.9. The molecular formula is C21H17ClN2O2. The van der Waals surface area contributed by atoms with Crippen LogP contribution in [-0.4, -0.2) is 18.1 Å². The number of methoxy groups -OCH3 is 1.